The van der Waals surface area contributed by atoms with E-state index in [2.05, 4.69) is 55.4 Å². The predicted octanol–water partition coefficient (Wildman–Crippen LogP) is 5.82. The van der Waals surface area contributed by atoms with Crippen LogP contribution in [0.3, 0.4) is 0 Å². The number of ether oxygens (including phenoxy) is 1. The molecule has 3 atom stereocenters. The molecule has 0 saturated carbocycles. The summed E-state index contributed by atoms with van der Waals surface area (Å²) in [6.07, 6.45) is 1.13. The zero-order valence-electron chi connectivity index (χ0n) is 17.7. The van der Waals surface area contributed by atoms with E-state index in [9.17, 15) is 4.32 Å². The van der Waals surface area contributed by atoms with Gasteiger partial charge in [-0.3, -0.25) is 0 Å². The lowest BCUT2D eigenvalue weighted by molar-refractivity contribution is -0.0803. The van der Waals surface area contributed by atoms with Crippen LogP contribution in [-0.4, -0.2) is 27.0 Å². The van der Waals surface area contributed by atoms with Crippen LogP contribution < -0.4 is 0 Å². The minimum atomic E-state index is -0.426. The molecule has 0 aromatic rings. The molecule has 23 heavy (non-hydrogen) atoms. The van der Waals surface area contributed by atoms with Gasteiger partial charge in [-0.2, -0.15) is 0 Å². The first-order valence-electron chi connectivity index (χ1n) is 9.37. The second-order valence-electron chi connectivity index (χ2n) is 10.2. The maximum absolute atomic E-state index is 13.2. The van der Waals surface area contributed by atoms with E-state index in [0.29, 0.717) is 5.82 Å². The Bertz CT molecular complexity index is 353. The Morgan fingerprint density at radius 2 is 1.30 bits per heavy atom. The monoisotopic (exact) mass is 326 g/mol. The first-order valence-corrected chi connectivity index (χ1v) is 9.37. The summed E-state index contributed by atoms with van der Waals surface area (Å²) in [5.41, 5.74) is 0.333. The molecule has 3 unspecified atom stereocenters. The van der Waals surface area contributed by atoms with Gasteiger partial charge in [-0.25, -0.2) is 0 Å². The zero-order chi connectivity index (χ0) is 18.6. The Morgan fingerprint density at radius 3 is 1.70 bits per heavy atom. The summed E-state index contributed by atoms with van der Waals surface area (Å²) in [4.78, 5) is 0. The molecular weight excluding hydrogens is 285 g/mol. The van der Waals surface area contributed by atoms with Crippen molar-refractivity contribution in [1.29, 1.82) is 0 Å². The fourth-order valence-electron chi connectivity index (χ4n) is 3.30. The van der Waals surface area contributed by atoms with Crippen LogP contribution in [0.15, 0.2) is 0 Å². The first-order chi connectivity index (χ1) is 10.2. The fourth-order valence-corrected chi connectivity index (χ4v) is 3.30. The summed E-state index contributed by atoms with van der Waals surface area (Å²) in [5, 5.41) is -0.426. The molecule has 0 radical (unpaired) electrons. The summed E-state index contributed by atoms with van der Waals surface area (Å²) in [7, 11) is 0.905. The second kappa shape index (κ2) is 8.41. The summed E-state index contributed by atoms with van der Waals surface area (Å²) >= 11 is 0. The normalized spacial score (nSPS) is 17.8. The van der Waals surface area contributed by atoms with Crippen LogP contribution in [0.4, 0.5) is 4.32 Å². The highest BCUT2D eigenvalue weighted by atomic mass is 19.1. The molecule has 0 amide bonds. The van der Waals surface area contributed by atoms with Crippen molar-refractivity contribution in [3.05, 3.63) is 0 Å². The largest absolute Gasteiger partial charge is 0.375 e. The van der Waals surface area contributed by atoms with Crippen molar-refractivity contribution in [2.75, 3.05) is 0 Å². The summed E-state index contributed by atoms with van der Waals surface area (Å²) in [5.74, 6) is 1.40. The summed E-state index contributed by atoms with van der Waals surface area (Å²) in [6, 6.07) is 0. The highest BCUT2D eigenvalue weighted by Crippen LogP contribution is 2.45. The van der Waals surface area contributed by atoms with E-state index in [-0.39, 0.29) is 30.6 Å². The Morgan fingerprint density at radius 1 is 0.826 bits per heavy atom. The van der Waals surface area contributed by atoms with E-state index in [1.165, 1.54) is 7.28 Å². The lowest BCUT2D eigenvalue weighted by Crippen LogP contribution is -2.40. The average Bonchev–Trinajstić information content (AvgIpc) is 2.36. The molecule has 0 aromatic heterocycles. The van der Waals surface area contributed by atoms with Crippen molar-refractivity contribution >= 4 is 14.8 Å². The standard InChI is InChI=1S/C19H41B2FO/c1-13(2)20-14(3)17(6,7)12-18(8,9)15(4)23-16(5)19(10,11)21-22/h13-16,20-21H,12H2,1-11H3. The topological polar surface area (TPSA) is 9.23 Å². The maximum atomic E-state index is 13.2. The van der Waals surface area contributed by atoms with E-state index in [1.54, 1.807) is 0 Å². The average molecular weight is 326 g/mol. The number of hydrogen-bond donors (Lipinski definition) is 0. The zero-order valence-corrected chi connectivity index (χ0v) is 17.7. The van der Waals surface area contributed by atoms with E-state index in [4.69, 9.17) is 4.74 Å². The van der Waals surface area contributed by atoms with Crippen molar-refractivity contribution in [3.63, 3.8) is 0 Å². The molecule has 0 fully saturated rings. The minimum absolute atomic E-state index is 0.0649. The molecule has 0 saturated heterocycles. The maximum Gasteiger partial charge on any atom is 0.339 e. The second-order valence-corrected chi connectivity index (χ2v) is 10.2. The molecule has 0 aliphatic carbocycles. The number of halogens is 1. The summed E-state index contributed by atoms with van der Waals surface area (Å²) < 4.78 is 19.4. The first kappa shape index (κ1) is 23.0. The molecule has 1 nitrogen and oxygen atoms in total. The molecule has 136 valence electrons. The van der Waals surface area contributed by atoms with Crippen LogP contribution in [0.25, 0.3) is 0 Å². The number of rotatable bonds is 10. The molecule has 0 aromatic carbocycles. The van der Waals surface area contributed by atoms with Crippen molar-refractivity contribution in [2.24, 2.45) is 10.8 Å². The molecule has 4 heteroatoms. The third-order valence-electron chi connectivity index (χ3n) is 6.02. The van der Waals surface area contributed by atoms with Crippen LogP contribution in [-0.2, 0) is 4.74 Å². The van der Waals surface area contributed by atoms with Crippen LogP contribution in [0.2, 0.25) is 16.9 Å². The molecule has 0 rings (SSSR count). The van der Waals surface area contributed by atoms with Crippen molar-refractivity contribution in [2.45, 2.75) is 112 Å². The van der Waals surface area contributed by atoms with E-state index >= 15 is 0 Å². The molecule has 0 spiro atoms. The number of hydrogen-bond acceptors (Lipinski definition) is 1. The lowest BCUT2D eigenvalue weighted by atomic mass is 9.47. The van der Waals surface area contributed by atoms with Crippen LogP contribution in [0.1, 0.15) is 82.6 Å². The van der Waals surface area contributed by atoms with Gasteiger partial charge in [-0.1, -0.05) is 73.9 Å². The SMILES string of the molecule is CC(C)BC(C)C(C)(C)CC(C)(C)C(C)OC(C)C(C)(C)BF. The summed E-state index contributed by atoms with van der Waals surface area (Å²) in [6.45, 7) is 24.3. The van der Waals surface area contributed by atoms with Crippen molar-refractivity contribution in [3.8, 4) is 0 Å². The van der Waals surface area contributed by atoms with E-state index < -0.39 is 5.31 Å². The predicted molar refractivity (Wildman–Crippen MR) is 106 cm³/mol. The van der Waals surface area contributed by atoms with Gasteiger partial charge in [0.15, 0.2) is 0 Å². The molecule has 0 N–H and O–H groups in total. The van der Waals surface area contributed by atoms with Gasteiger partial charge in [0.2, 0.25) is 0 Å². The van der Waals surface area contributed by atoms with Crippen LogP contribution in [0, 0.1) is 10.8 Å². The molecule has 0 heterocycles. The van der Waals surface area contributed by atoms with Crippen molar-refractivity contribution < 1.29 is 9.05 Å². The van der Waals surface area contributed by atoms with Gasteiger partial charge in [0.05, 0.1) is 12.2 Å². The minimum Gasteiger partial charge on any atom is -0.375 e. The van der Waals surface area contributed by atoms with Gasteiger partial charge in [-0.05, 0) is 36.4 Å². The third-order valence-corrected chi connectivity index (χ3v) is 6.02. The van der Waals surface area contributed by atoms with E-state index in [1.807, 2.05) is 20.8 Å². The molecular formula is C19H41B2FO. The highest BCUT2D eigenvalue weighted by Gasteiger charge is 2.39. The quantitative estimate of drug-likeness (QED) is 0.460. The smallest absolute Gasteiger partial charge is 0.339 e. The van der Waals surface area contributed by atoms with E-state index in [0.717, 1.165) is 12.2 Å². The Kier molecular flexibility index (Phi) is 8.41. The van der Waals surface area contributed by atoms with Crippen molar-refractivity contribution in [1.82, 2.24) is 0 Å². The van der Waals surface area contributed by atoms with Gasteiger partial charge < -0.3 is 9.05 Å². The molecule has 0 bridgehead atoms. The molecule has 0 aliphatic heterocycles. The third kappa shape index (κ3) is 7.20. The highest BCUT2D eigenvalue weighted by molar-refractivity contribution is 6.39. The molecule has 0 aliphatic rings. The lowest BCUT2D eigenvalue weighted by Gasteiger charge is -2.44. The Balaban J connectivity index is 4.90. The Labute approximate surface area is 147 Å². The van der Waals surface area contributed by atoms with Gasteiger partial charge in [0.25, 0.3) is 0 Å². The van der Waals surface area contributed by atoms with Gasteiger partial charge >= 0.3 is 7.56 Å². The van der Waals surface area contributed by atoms with Gasteiger partial charge in [-0.15, -0.1) is 0 Å². The van der Waals surface area contributed by atoms with Crippen LogP contribution in [0.5, 0.6) is 0 Å². The Hall–Kier alpha value is 0.0199. The fraction of sp³-hybridized carbons (Fsp3) is 1.00. The van der Waals surface area contributed by atoms with Gasteiger partial charge in [0.1, 0.15) is 7.28 Å². The van der Waals surface area contributed by atoms with Gasteiger partial charge in [0, 0.05) is 0 Å². The van der Waals surface area contributed by atoms with Crippen LogP contribution >= 0.6 is 0 Å².